The molecule has 0 radical (unpaired) electrons. The van der Waals surface area contributed by atoms with Crippen molar-refractivity contribution in [2.75, 3.05) is 13.2 Å². The second-order valence-corrected chi connectivity index (χ2v) is 7.12. The number of nitrogens with zero attached hydrogens (tertiary/aromatic N) is 1. The van der Waals surface area contributed by atoms with Gasteiger partial charge in [-0.05, 0) is 31.2 Å². The lowest BCUT2D eigenvalue weighted by Crippen LogP contribution is -2.40. The SMILES string of the molecule is C[C@]1(C(N)=O)COc2c1cc(C(CN)C(F)(F)F)nc2-c1ccc(F)c(Cl)c1. The second kappa shape index (κ2) is 6.89. The van der Waals surface area contributed by atoms with Crippen LogP contribution in [0.1, 0.15) is 24.1 Å². The molecule has 28 heavy (non-hydrogen) atoms. The second-order valence-electron chi connectivity index (χ2n) is 6.72. The van der Waals surface area contributed by atoms with E-state index in [9.17, 15) is 22.4 Å². The number of pyridine rings is 1. The first-order valence-electron chi connectivity index (χ1n) is 8.19. The molecule has 0 spiro atoms. The molecule has 4 N–H and O–H groups in total. The average molecular weight is 418 g/mol. The van der Waals surface area contributed by atoms with Crippen LogP contribution in [0.3, 0.4) is 0 Å². The molecule has 3 rings (SSSR count). The van der Waals surface area contributed by atoms with E-state index < -0.39 is 35.8 Å². The molecule has 10 heteroatoms. The Bertz CT molecular complexity index is 951. The van der Waals surface area contributed by atoms with Gasteiger partial charge in [-0.1, -0.05) is 11.6 Å². The largest absolute Gasteiger partial charge is 0.489 e. The van der Waals surface area contributed by atoms with E-state index >= 15 is 0 Å². The average Bonchev–Trinajstić information content (AvgIpc) is 2.95. The standard InChI is InChI=1S/C18H16ClF4N3O2/c1-17(16(25)27)7-28-15-9(17)5-13(10(6-24)18(21,22)23)26-14(15)8-2-3-12(20)11(19)4-8/h2-5,10H,6-7,24H2,1H3,(H2,25,27)/t10?,17-/m0/s1. The number of hydrogen-bond acceptors (Lipinski definition) is 4. The number of ether oxygens (including phenoxy) is 1. The summed E-state index contributed by atoms with van der Waals surface area (Å²) in [5, 5.41) is -0.236. The Morgan fingerprint density at radius 3 is 2.61 bits per heavy atom. The van der Waals surface area contributed by atoms with E-state index in [-0.39, 0.29) is 39.9 Å². The van der Waals surface area contributed by atoms with Crippen molar-refractivity contribution >= 4 is 17.5 Å². The lowest BCUT2D eigenvalue weighted by Gasteiger charge is -2.22. The zero-order valence-electron chi connectivity index (χ0n) is 14.6. The number of hydrogen-bond donors (Lipinski definition) is 2. The van der Waals surface area contributed by atoms with Crippen molar-refractivity contribution < 1.29 is 27.1 Å². The molecule has 1 aromatic heterocycles. The van der Waals surface area contributed by atoms with Gasteiger partial charge in [0, 0.05) is 17.7 Å². The first kappa shape index (κ1) is 20.3. The molecule has 1 aliphatic heterocycles. The Labute approximate surface area is 162 Å². The first-order valence-corrected chi connectivity index (χ1v) is 8.57. The van der Waals surface area contributed by atoms with E-state index in [0.29, 0.717) is 0 Å². The summed E-state index contributed by atoms with van der Waals surface area (Å²) in [6, 6.07) is 4.73. The van der Waals surface area contributed by atoms with Gasteiger partial charge in [0.05, 0.1) is 10.7 Å². The normalized spacial score (nSPS) is 19.8. The summed E-state index contributed by atoms with van der Waals surface area (Å²) in [6.07, 6.45) is -4.66. The summed E-state index contributed by atoms with van der Waals surface area (Å²) >= 11 is 5.81. The van der Waals surface area contributed by atoms with Crippen LogP contribution in [0.15, 0.2) is 24.3 Å². The number of carbonyl (C=O) groups is 1. The van der Waals surface area contributed by atoms with E-state index in [2.05, 4.69) is 4.98 Å². The summed E-state index contributed by atoms with van der Waals surface area (Å²) in [5.41, 5.74) is 9.48. The highest BCUT2D eigenvalue weighted by atomic mass is 35.5. The minimum atomic E-state index is -4.66. The molecular weight excluding hydrogens is 402 g/mol. The number of amides is 1. The van der Waals surface area contributed by atoms with Gasteiger partial charge in [-0.15, -0.1) is 0 Å². The Hall–Kier alpha value is -2.39. The van der Waals surface area contributed by atoms with Crippen molar-refractivity contribution in [1.29, 1.82) is 0 Å². The Kier molecular flexibility index (Phi) is 5.01. The van der Waals surface area contributed by atoms with Gasteiger partial charge in [-0.3, -0.25) is 4.79 Å². The number of carbonyl (C=O) groups excluding carboxylic acids is 1. The molecule has 150 valence electrons. The van der Waals surface area contributed by atoms with Crippen LogP contribution in [0.25, 0.3) is 11.3 Å². The van der Waals surface area contributed by atoms with Crippen LogP contribution in [0.5, 0.6) is 5.75 Å². The molecule has 5 nitrogen and oxygen atoms in total. The van der Waals surface area contributed by atoms with Crippen molar-refractivity contribution in [1.82, 2.24) is 4.98 Å². The van der Waals surface area contributed by atoms with Crippen molar-refractivity contribution in [3.8, 4) is 17.0 Å². The number of aromatic nitrogens is 1. The number of alkyl halides is 3. The maximum Gasteiger partial charge on any atom is 0.398 e. The van der Waals surface area contributed by atoms with Gasteiger partial charge in [0.1, 0.15) is 35.2 Å². The Morgan fingerprint density at radius 2 is 2.07 bits per heavy atom. The van der Waals surface area contributed by atoms with Gasteiger partial charge in [0.2, 0.25) is 5.91 Å². The number of primary amides is 1. The Morgan fingerprint density at radius 1 is 1.39 bits per heavy atom. The van der Waals surface area contributed by atoms with E-state index in [1.54, 1.807) is 0 Å². The van der Waals surface area contributed by atoms with Gasteiger partial charge >= 0.3 is 6.18 Å². The fourth-order valence-electron chi connectivity index (χ4n) is 3.05. The third kappa shape index (κ3) is 3.29. The van der Waals surface area contributed by atoms with Crippen LogP contribution in [0.4, 0.5) is 17.6 Å². The maximum atomic E-state index is 13.5. The van der Waals surface area contributed by atoms with E-state index in [1.165, 1.54) is 19.1 Å². The monoisotopic (exact) mass is 417 g/mol. The highest BCUT2D eigenvalue weighted by molar-refractivity contribution is 6.31. The maximum absolute atomic E-state index is 13.5. The van der Waals surface area contributed by atoms with Crippen LogP contribution in [0, 0.1) is 5.82 Å². The molecule has 0 aliphatic carbocycles. The summed E-state index contributed by atoms with van der Waals surface area (Å²) in [7, 11) is 0. The minimum absolute atomic E-state index is 0.00192. The highest BCUT2D eigenvalue weighted by Crippen LogP contribution is 2.46. The molecule has 1 amide bonds. The molecule has 0 saturated carbocycles. The van der Waals surface area contributed by atoms with Crippen LogP contribution >= 0.6 is 11.6 Å². The number of fused-ring (bicyclic) bond motifs is 1. The smallest absolute Gasteiger partial charge is 0.398 e. The molecular formula is C18H16ClF4N3O2. The van der Waals surface area contributed by atoms with Crippen LogP contribution in [-0.4, -0.2) is 30.2 Å². The van der Waals surface area contributed by atoms with Gasteiger partial charge in [0.15, 0.2) is 0 Å². The van der Waals surface area contributed by atoms with Crippen LogP contribution in [0.2, 0.25) is 5.02 Å². The number of rotatable bonds is 4. The minimum Gasteiger partial charge on any atom is -0.489 e. The predicted octanol–water partition coefficient (Wildman–Crippen LogP) is 3.28. The third-order valence-electron chi connectivity index (χ3n) is 4.82. The topological polar surface area (TPSA) is 91.2 Å². The van der Waals surface area contributed by atoms with Gasteiger partial charge in [-0.25, -0.2) is 9.37 Å². The third-order valence-corrected chi connectivity index (χ3v) is 5.11. The van der Waals surface area contributed by atoms with Gasteiger partial charge < -0.3 is 16.2 Å². The van der Waals surface area contributed by atoms with Crippen molar-refractivity contribution in [3.63, 3.8) is 0 Å². The fourth-order valence-corrected chi connectivity index (χ4v) is 3.23. The van der Waals surface area contributed by atoms with Gasteiger partial charge in [-0.2, -0.15) is 13.2 Å². The fraction of sp³-hybridized carbons (Fsp3) is 0.333. The van der Waals surface area contributed by atoms with E-state index in [4.69, 9.17) is 27.8 Å². The van der Waals surface area contributed by atoms with Crippen LogP contribution < -0.4 is 16.2 Å². The molecule has 2 atom stereocenters. The van der Waals surface area contributed by atoms with Crippen molar-refractivity contribution in [2.24, 2.45) is 11.5 Å². The molecule has 1 aromatic carbocycles. The van der Waals surface area contributed by atoms with E-state index in [0.717, 1.165) is 12.1 Å². The summed E-state index contributed by atoms with van der Waals surface area (Å²) < 4.78 is 59.4. The van der Waals surface area contributed by atoms with Crippen LogP contribution in [-0.2, 0) is 10.2 Å². The zero-order chi connectivity index (χ0) is 20.9. The molecule has 2 heterocycles. The number of halogens is 5. The molecule has 0 bridgehead atoms. The van der Waals surface area contributed by atoms with Crippen molar-refractivity contribution in [3.05, 3.63) is 46.4 Å². The summed E-state index contributed by atoms with van der Waals surface area (Å²) in [4.78, 5) is 16.1. The summed E-state index contributed by atoms with van der Waals surface area (Å²) in [5.74, 6) is -3.42. The molecule has 0 fully saturated rings. The van der Waals surface area contributed by atoms with Gasteiger partial charge in [0.25, 0.3) is 0 Å². The number of nitrogens with two attached hydrogens (primary N) is 2. The lowest BCUT2D eigenvalue weighted by atomic mass is 9.82. The quantitative estimate of drug-likeness (QED) is 0.747. The van der Waals surface area contributed by atoms with E-state index in [1.807, 2.05) is 0 Å². The lowest BCUT2D eigenvalue weighted by molar-refractivity contribution is -0.148. The Balaban J connectivity index is 2.30. The summed E-state index contributed by atoms with van der Waals surface area (Å²) in [6.45, 7) is 0.564. The first-order chi connectivity index (χ1) is 13.0. The zero-order valence-corrected chi connectivity index (χ0v) is 15.4. The highest BCUT2D eigenvalue weighted by Gasteiger charge is 2.46. The molecule has 2 aromatic rings. The number of benzene rings is 1. The molecule has 1 aliphatic rings. The predicted molar refractivity (Wildman–Crippen MR) is 94.5 cm³/mol. The van der Waals surface area contributed by atoms with Crippen molar-refractivity contribution in [2.45, 2.75) is 24.4 Å². The molecule has 0 saturated heterocycles. The molecule has 1 unspecified atom stereocenters.